The van der Waals surface area contributed by atoms with Crippen LogP contribution in [-0.2, 0) is 14.4 Å². The summed E-state index contributed by atoms with van der Waals surface area (Å²) in [6.07, 6.45) is 4.63. The number of ether oxygens (including phenoxy) is 1. The van der Waals surface area contributed by atoms with Crippen LogP contribution in [0.2, 0.25) is 5.02 Å². The van der Waals surface area contributed by atoms with Crippen LogP contribution in [0.4, 0.5) is 11.4 Å². The van der Waals surface area contributed by atoms with Crippen molar-refractivity contribution < 1.29 is 24.2 Å². The van der Waals surface area contributed by atoms with Gasteiger partial charge in [-0.2, -0.15) is 0 Å². The fourth-order valence-corrected chi connectivity index (χ4v) is 9.78. The predicted octanol–water partition coefficient (Wildman–Crippen LogP) is 5.26. The van der Waals surface area contributed by atoms with Gasteiger partial charge < -0.3 is 24.5 Å². The molecule has 3 aliphatic heterocycles. The second-order valence-electron chi connectivity index (χ2n) is 11.6. The highest BCUT2D eigenvalue weighted by Gasteiger charge is 2.74. The van der Waals surface area contributed by atoms with E-state index in [1.54, 1.807) is 51.6 Å². The van der Waals surface area contributed by atoms with Crippen LogP contribution in [0.25, 0.3) is 0 Å². The third-order valence-electron chi connectivity index (χ3n) is 9.07. The van der Waals surface area contributed by atoms with Crippen LogP contribution in [0.1, 0.15) is 32.3 Å². The van der Waals surface area contributed by atoms with Gasteiger partial charge in [0.15, 0.2) is 0 Å². The summed E-state index contributed by atoms with van der Waals surface area (Å²) in [6, 6.07) is 11.3. The lowest BCUT2D eigenvalue weighted by atomic mass is 9.70. The number of hydrogen-bond donors (Lipinski definition) is 1. The van der Waals surface area contributed by atoms with Gasteiger partial charge in [0.1, 0.15) is 11.8 Å². The molecule has 3 amide bonds. The lowest BCUT2D eigenvalue weighted by Crippen LogP contribution is -2.57. The first-order valence-corrected chi connectivity index (χ1v) is 16.3. The standard InChI is InChI=1S/C34H40ClN3O5S/c1-6-18-36(23-12-14-24(15-13-23)43-8-3)31(40)27-26-16-17-34(44-26)28(27)32(41)38(22(5)20-39)30(34)33(42)37(19-7-2)29-21(4)10-9-11-25(29)35/h6-7,9-15,22,26-28,30,39H,1-2,8,16-20H2,3-5H3/t22-,26+,27-,28+,30?,34?/m1/s1. The van der Waals surface area contributed by atoms with Gasteiger partial charge in [-0.15, -0.1) is 24.9 Å². The molecule has 0 saturated carbocycles. The Bertz CT molecular complexity index is 1430. The van der Waals surface area contributed by atoms with Crippen LogP contribution in [0.5, 0.6) is 5.75 Å². The van der Waals surface area contributed by atoms with Crippen LogP contribution in [-0.4, -0.2) is 76.1 Å². The Labute approximate surface area is 268 Å². The number of fused-ring (bicyclic) bond motifs is 1. The largest absolute Gasteiger partial charge is 0.494 e. The second-order valence-corrected chi connectivity index (χ2v) is 13.6. The highest BCUT2D eigenvalue weighted by atomic mass is 35.5. The Morgan fingerprint density at radius 3 is 2.45 bits per heavy atom. The van der Waals surface area contributed by atoms with E-state index < -0.39 is 28.7 Å². The van der Waals surface area contributed by atoms with Gasteiger partial charge in [0, 0.05) is 24.0 Å². The lowest BCUT2D eigenvalue weighted by Gasteiger charge is -2.39. The van der Waals surface area contributed by atoms with Gasteiger partial charge in [-0.1, -0.05) is 35.9 Å². The maximum absolute atomic E-state index is 14.8. The third kappa shape index (κ3) is 5.22. The van der Waals surface area contributed by atoms with E-state index in [9.17, 15) is 19.5 Å². The number of likely N-dealkylation sites (tertiary alicyclic amines) is 1. The van der Waals surface area contributed by atoms with Crippen molar-refractivity contribution >= 4 is 52.5 Å². The summed E-state index contributed by atoms with van der Waals surface area (Å²) in [5.41, 5.74) is 2.07. The molecule has 6 atom stereocenters. The molecule has 5 rings (SSSR count). The number of rotatable bonds is 12. The summed E-state index contributed by atoms with van der Waals surface area (Å²) in [5, 5.41) is 10.6. The van der Waals surface area contributed by atoms with Gasteiger partial charge in [-0.25, -0.2) is 0 Å². The van der Waals surface area contributed by atoms with Crippen LogP contribution < -0.4 is 14.5 Å². The number of aliphatic hydroxyl groups is 1. The zero-order chi connectivity index (χ0) is 31.8. The minimum atomic E-state index is -0.885. The monoisotopic (exact) mass is 637 g/mol. The maximum Gasteiger partial charge on any atom is 0.251 e. The Morgan fingerprint density at radius 1 is 1.16 bits per heavy atom. The van der Waals surface area contributed by atoms with E-state index in [-0.39, 0.29) is 42.7 Å². The van der Waals surface area contributed by atoms with Crippen molar-refractivity contribution in [2.24, 2.45) is 11.8 Å². The minimum Gasteiger partial charge on any atom is -0.494 e. The summed E-state index contributed by atoms with van der Waals surface area (Å²) in [7, 11) is 0. The predicted molar refractivity (Wildman–Crippen MR) is 176 cm³/mol. The van der Waals surface area contributed by atoms with Gasteiger partial charge >= 0.3 is 0 Å². The Morgan fingerprint density at radius 2 is 1.84 bits per heavy atom. The Hall–Kier alpha value is -3.27. The average Bonchev–Trinajstić information content (AvgIpc) is 3.66. The normalized spacial score (nSPS) is 25.8. The van der Waals surface area contributed by atoms with Crippen molar-refractivity contribution in [1.29, 1.82) is 0 Å². The summed E-state index contributed by atoms with van der Waals surface area (Å²) in [6.45, 7) is 14.0. The number of thioether (sulfide) groups is 1. The zero-order valence-corrected chi connectivity index (χ0v) is 27.0. The van der Waals surface area contributed by atoms with Gasteiger partial charge in [0.2, 0.25) is 11.8 Å². The number of nitrogens with zero attached hydrogens (tertiary/aromatic N) is 3. The van der Waals surface area contributed by atoms with Crippen LogP contribution in [0.3, 0.4) is 0 Å². The fourth-order valence-electron chi connectivity index (χ4n) is 7.27. The highest BCUT2D eigenvalue weighted by Crippen LogP contribution is 2.67. The first-order chi connectivity index (χ1) is 21.1. The van der Waals surface area contributed by atoms with Crippen LogP contribution in [0, 0.1) is 18.8 Å². The molecule has 2 aromatic rings. The van der Waals surface area contributed by atoms with Gasteiger partial charge in [-0.3, -0.25) is 14.4 Å². The molecule has 0 aromatic heterocycles. The molecular formula is C34H40ClN3O5S. The number of aliphatic hydroxyl groups excluding tert-OH is 1. The molecule has 10 heteroatoms. The molecule has 1 spiro atoms. The summed E-state index contributed by atoms with van der Waals surface area (Å²) < 4.78 is 4.76. The molecular weight excluding hydrogens is 598 g/mol. The minimum absolute atomic E-state index is 0.122. The summed E-state index contributed by atoms with van der Waals surface area (Å²) in [5.74, 6) is -1.36. The average molecular weight is 638 g/mol. The van der Waals surface area contributed by atoms with Crippen molar-refractivity contribution in [3.05, 3.63) is 78.4 Å². The molecule has 3 aliphatic rings. The lowest BCUT2D eigenvalue weighted by molar-refractivity contribution is -0.141. The molecule has 2 unspecified atom stereocenters. The Kier molecular flexibility index (Phi) is 9.49. The molecule has 234 valence electrons. The van der Waals surface area contributed by atoms with E-state index in [1.165, 1.54) is 0 Å². The number of carbonyl (C=O) groups is 3. The number of carbonyl (C=O) groups excluding carboxylic acids is 3. The number of benzene rings is 2. The van der Waals surface area contributed by atoms with E-state index in [2.05, 4.69) is 13.2 Å². The molecule has 1 N–H and O–H groups in total. The third-order valence-corrected chi connectivity index (χ3v) is 11.3. The first-order valence-electron chi connectivity index (χ1n) is 15.1. The van der Waals surface area contributed by atoms with Gasteiger partial charge in [-0.05, 0) is 69.5 Å². The number of amides is 3. The molecule has 2 bridgehead atoms. The van der Waals surface area contributed by atoms with E-state index in [0.717, 1.165) is 5.56 Å². The fraction of sp³-hybridized carbons (Fsp3) is 0.441. The van der Waals surface area contributed by atoms with Crippen molar-refractivity contribution in [3.8, 4) is 5.75 Å². The van der Waals surface area contributed by atoms with Gasteiger partial charge in [0.25, 0.3) is 5.91 Å². The molecule has 3 saturated heterocycles. The van der Waals surface area contributed by atoms with Crippen LogP contribution >= 0.6 is 23.4 Å². The summed E-state index contributed by atoms with van der Waals surface area (Å²) >= 11 is 8.24. The SMILES string of the molecule is C=CCN(C(=O)[C@@H]1[C@@H]2CCC3(S2)C(C(=O)N(CC=C)c2c(C)cccc2Cl)N([C@H](C)CO)C(=O)[C@H]13)c1ccc(OCC)cc1. The molecule has 3 fully saturated rings. The topological polar surface area (TPSA) is 90.4 Å². The quantitative estimate of drug-likeness (QED) is 0.320. The molecule has 44 heavy (non-hydrogen) atoms. The van der Waals surface area contributed by atoms with E-state index in [0.29, 0.717) is 41.6 Å². The maximum atomic E-state index is 14.8. The van der Waals surface area contributed by atoms with Crippen molar-refractivity contribution in [3.63, 3.8) is 0 Å². The highest BCUT2D eigenvalue weighted by molar-refractivity contribution is 8.02. The Balaban J connectivity index is 1.56. The van der Waals surface area contributed by atoms with Crippen molar-refractivity contribution in [1.82, 2.24) is 4.90 Å². The number of halogens is 1. The molecule has 2 aromatic carbocycles. The number of hydrogen-bond acceptors (Lipinski definition) is 6. The second kappa shape index (κ2) is 13.0. The van der Waals surface area contributed by atoms with E-state index >= 15 is 0 Å². The number of anilines is 2. The van der Waals surface area contributed by atoms with E-state index in [1.807, 2.05) is 50.2 Å². The van der Waals surface area contributed by atoms with Crippen LogP contribution in [0.15, 0.2) is 67.8 Å². The molecule has 0 aliphatic carbocycles. The smallest absolute Gasteiger partial charge is 0.251 e. The molecule has 3 heterocycles. The molecule has 8 nitrogen and oxygen atoms in total. The van der Waals surface area contributed by atoms with Gasteiger partial charge in [0.05, 0.1) is 46.5 Å². The zero-order valence-electron chi connectivity index (χ0n) is 25.4. The van der Waals surface area contributed by atoms with E-state index in [4.69, 9.17) is 16.3 Å². The summed E-state index contributed by atoms with van der Waals surface area (Å²) in [4.78, 5) is 48.5. The first kappa shape index (κ1) is 32.1. The molecule has 0 radical (unpaired) electrons. The number of aryl methyl sites for hydroxylation is 1. The van der Waals surface area contributed by atoms with Crippen molar-refractivity contribution in [2.75, 3.05) is 36.1 Å². The van der Waals surface area contributed by atoms with Crippen molar-refractivity contribution in [2.45, 2.75) is 55.7 Å². The number of para-hydroxylation sites is 1.